The summed E-state index contributed by atoms with van der Waals surface area (Å²) in [6.07, 6.45) is -0.670. The predicted octanol–water partition coefficient (Wildman–Crippen LogP) is 0.966. The first-order valence-corrected chi connectivity index (χ1v) is 8.28. The van der Waals surface area contributed by atoms with Gasteiger partial charge in [-0.3, -0.25) is 0 Å². The molecule has 0 aromatic carbocycles. The summed E-state index contributed by atoms with van der Waals surface area (Å²) in [5.74, 6) is 0.683. The van der Waals surface area contributed by atoms with Gasteiger partial charge in [0.05, 0.1) is 11.7 Å². The van der Waals surface area contributed by atoms with Crippen LogP contribution in [0.2, 0.25) is 0 Å². The number of nitrogens with one attached hydrogen (secondary N) is 1. The molecule has 1 heterocycles. The summed E-state index contributed by atoms with van der Waals surface area (Å²) in [5, 5.41) is 22.7. The summed E-state index contributed by atoms with van der Waals surface area (Å²) in [6.45, 7) is 6.48. The molecule has 0 fully saturated rings. The number of aromatic nitrogens is 2. The molecule has 0 saturated heterocycles. The maximum absolute atomic E-state index is 10.0. The van der Waals surface area contributed by atoms with Gasteiger partial charge in [0.2, 0.25) is 0 Å². The van der Waals surface area contributed by atoms with Gasteiger partial charge in [0.1, 0.15) is 19.3 Å². The van der Waals surface area contributed by atoms with Crippen molar-refractivity contribution < 1.29 is 19.8 Å². The first kappa shape index (κ1) is 18.9. The molecule has 0 aliphatic rings. The molecule has 1 unspecified atom stereocenters. The third-order valence-electron chi connectivity index (χ3n) is 2.23. The monoisotopic (exact) mass is 352 g/mol. The Hall–Kier alpha value is -1.17. The zero-order chi connectivity index (χ0) is 16.6. The Bertz CT molecular complexity index is 466. The van der Waals surface area contributed by atoms with Gasteiger partial charge in [-0.2, -0.15) is 4.37 Å². The van der Waals surface area contributed by atoms with Gasteiger partial charge in [-0.15, -0.1) is 14.5 Å². The fourth-order valence-corrected chi connectivity index (χ4v) is 2.61. The molecule has 1 aromatic rings. The van der Waals surface area contributed by atoms with E-state index in [0.29, 0.717) is 23.2 Å². The van der Waals surface area contributed by atoms with Crippen LogP contribution < -0.4 is 10.1 Å². The Labute approximate surface area is 136 Å². The number of ether oxygens (including phenoxy) is 1. The van der Waals surface area contributed by atoms with E-state index in [2.05, 4.69) is 18.9 Å². The lowest BCUT2D eigenvalue weighted by atomic mass is 10.1. The second-order valence-electron chi connectivity index (χ2n) is 5.38. The fraction of sp³-hybridized carbons (Fsp3) is 0.818. The third-order valence-corrected chi connectivity index (χ3v) is 3.77. The number of hydrogen-bond acceptors (Lipinski definition) is 10. The van der Waals surface area contributed by atoms with Gasteiger partial charge in [0.15, 0.2) is 5.03 Å². The van der Waals surface area contributed by atoms with E-state index in [4.69, 9.17) is 4.74 Å². The van der Waals surface area contributed by atoms with Crippen molar-refractivity contribution in [2.45, 2.75) is 37.4 Å². The SMILES string of the molecule is CC(C)(C)NCC(O)COc1nsnc1SCCO[N+](=O)[O-]. The smallest absolute Gasteiger partial charge is 0.294 e. The maximum Gasteiger partial charge on any atom is 0.294 e. The summed E-state index contributed by atoms with van der Waals surface area (Å²) >= 11 is 2.23. The molecule has 0 aliphatic heterocycles. The van der Waals surface area contributed by atoms with Gasteiger partial charge in [-0.05, 0) is 20.8 Å². The van der Waals surface area contributed by atoms with Gasteiger partial charge < -0.3 is 20.0 Å². The Kier molecular flexibility index (Phi) is 7.79. The number of thioether (sulfide) groups is 1. The van der Waals surface area contributed by atoms with E-state index in [1.807, 2.05) is 20.8 Å². The van der Waals surface area contributed by atoms with Crippen LogP contribution in [0.4, 0.5) is 0 Å². The van der Waals surface area contributed by atoms with Crippen molar-refractivity contribution in [3.8, 4) is 5.88 Å². The highest BCUT2D eigenvalue weighted by Crippen LogP contribution is 2.26. The quantitative estimate of drug-likeness (QED) is 0.274. The van der Waals surface area contributed by atoms with E-state index in [9.17, 15) is 15.2 Å². The maximum atomic E-state index is 10.0. The number of nitrogens with zero attached hydrogens (tertiary/aromatic N) is 3. The fourth-order valence-electron chi connectivity index (χ4n) is 1.26. The molecule has 1 aromatic heterocycles. The first-order chi connectivity index (χ1) is 10.3. The van der Waals surface area contributed by atoms with Crippen LogP contribution in [0.3, 0.4) is 0 Å². The Balaban J connectivity index is 2.31. The lowest BCUT2D eigenvalue weighted by Crippen LogP contribution is -2.42. The van der Waals surface area contributed by atoms with E-state index in [1.54, 1.807) is 0 Å². The van der Waals surface area contributed by atoms with Crippen LogP contribution in [0.1, 0.15) is 20.8 Å². The first-order valence-electron chi connectivity index (χ1n) is 6.56. The Morgan fingerprint density at radius 2 is 2.23 bits per heavy atom. The van der Waals surface area contributed by atoms with Gasteiger partial charge in [-0.1, -0.05) is 11.8 Å². The van der Waals surface area contributed by atoms with Gasteiger partial charge in [0.25, 0.3) is 11.0 Å². The summed E-state index contributed by atoms with van der Waals surface area (Å²) in [4.78, 5) is 14.2. The largest absolute Gasteiger partial charge is 0.472 e. The molecule has 22 heavy (non-hydrogen) atoms. The van der Waals surface area contributed by atoms with Crippen LogP contribution in [-0.2, 0) is 4.84 Å². The molecule has 0 bridgehead atoms. The summed E-state index contributed by atoms with van der Waals surface area (Å²) < 4.78 is 13.5. The normalized spacial score (nSPS) is 12.9. The van der Waals surface area contributed by atoms with Crippen molar-refractivity contribution in [2.24, 2.45) is 0 Å². The second-order valence-corrected chi connectivity index (χ2v) is 6.99. The van der Waals surface area contributed by atoms with E-state index >= 15 is 0 Å². The molecule has 1 atom stereocenters. The molecule has 0 amide bonds. The minimum atomic E-state index is -0.837. The molecular weight excluding hydrogens is 332 g/mol. The number of aliphatic hydroxyl groups is 1. The highest BCUT2D eigenvalue weighted by molar-refractivity contribution is 7.99. The van der Waals surface area contributed by atoms with Crippen molar-refractivity contribution in [2.75, 3.05) is 25.5 Å². The number of β-amino-alcohol motifs (C(OH)–C–C–N with tert-alkyl or cyclic N) is 1. The van der Waals surface area contributed by atoms with Crippen LogP contribution in [0, 0.1) is 10.1 Å². The van der Waals surface area contributed by atoms with E-state index in [1.165, 1.54) is 11.8 Å². The minimum absolute atomic E-state index is 0.0350. The molecule has 11 heteroatoms. The van der Waals surface area contributed by atoms with Crippen molar-refractivity contribution in [1.29, 1.82) is 0 Å². The van der Waals surface area contributed by atoms with Gasteiger partial charge >= 0.3 is 0 Å². The predicted molar refractivity (Wildman–Crippen MR) is 82.8 cm³/mol. The van der Waals surface area contributed by atoms with Crippen LogP contribution in [0.15, 0.2) is 5.03 Å². The zero-order valence-corrected chi connectivity index (χ0v) is 14.3. The van der Waals surface area contributed by atoms with Crippen LogP contribution in [-0.4, -0.2) is 56.1 Å². The van der Waals surface area contributed by atoms with Crippen LogP contribution in [0.25, 0.3) is 0 Å². The number of hydrogen-bond donors (Lipinski definition) is 2. The third kappa shape index (κ3) is 8.32. The van der Waals surface area contributed by atoms with Crippen LogP contribution >= 0.6 is 23.5 Å². The zero-order valence-electron chi connectivity index (χ0n) is 12.6. The lowest BCUT2D eigenvalue weighted by Gasteiger charge is -2.22. The molecule has 2 N–H and O–H groups in total. The van der Waals surface area contributed by atoms with Crippen molar-refractivity contribution in [3.05, 3.63) is 10.1 Å². The van der Waals surface area contributed by atoms with Crippen molar-refractivity contribution >= 4 is 23.5 Å². The topological polar surface area (TPSA) is 120 Å². The molecule has 1 rings (SSSR count). The molecule has 0 saturated carbocycles. The summed E-state index contributed by atoms with van der Waals surface area (Å²) in [6, 6.07) is 0. The molecule has 0 radical (unpaired) electrons. The Morgan fingerprint density at radius 3 is 2.86 bits per heavy atom. The van der Waals surface area contributed by atoms with Gasteiger partial charge in [-0.25, -0.2) is 0 Å². The Morgan fingerprint density at radius 1 is 1.50 bits per heavy atom. The average molecular weight is 352 g/mol. The van der Waals surface area contributed by atoms with Crippen molar-refractivity contribution in [1.82, 2.24) is 14.1 Å². The number of rotatable bonds is 10. The molecular formula is C11H20N4O5S2. The molecule has 9 nitrogen and oxygen atoms in total. The lowest BCUT2D eigenvalue weighted by molar-refractivity contribution is -0.756. The number of aliphatic hydroxyl groups excluding tert-OH is 1. The summed E-state index contributed by atoms with van der Waals surface area (Å²) in [5.41, 5.74) is -0.0822. The highest BCUT2D eigenvalue weighted by atomic mass is 32.2. The molecule has 126 valence electrons. The minimum Gasteiger partial charge on any atom is -0.472 e. The standard InChI is InChI=1S/C11H20N4O5S2/c1-11(2,3)12-6-8(16)7-19-9-10(14-22-13-9)21-5-4-20-15(17)18/h8,12,16H,4-7H2,1-3H3. The second kappa shape index (κ2) is 9.08. The van der Waals surface area contributed by atoms with Crippen molar-refractivity contribution in [3.63, 3.8) is 0 Å². The highest BCUT2D eigenvalue weighted by Gasteiger charge is 2.15. The van der Waals surface area contributed by atoms with E-state index < -0.39 is 11.2 Å². The average Bonchev–Trinajstić information content (AvgIpc) is 2.85. The van der Waals surface area contributed by atoms with Gasteiger partial charge in [0, 0.05) is 17.8 Å². The molecule has 0 aliphatic carbocycles. The summed E-state index contributed by atoms with van der Waals surface area (Å²) in [7, 11) is 0. The van der Waals surface area contributed by atoms with E-state index in [0.717, 1.165) is 11.7 Å². The van der Waals surface area contributed by atoms with E-state index in [-0.39, 0.29) is 18.8 Å². The molecule has 0 spiro atoms. The van der Waals surface area contributed by atoms with Crippen LogP contribution in [0.5, 0.6) is 5.88 Å².